The molecule has 6 aliphatic rings. The molecule has 7 nitrogen and oxygen atoms in total. The van der Waals surface area contributed by atoms with E-state index in [0.717, 1.165) is 37.7 Å². The Morgan fingerprint density at radius 2 is 1.84 bits per heavy atom. The third-order valence-corrected chi connectivity index (χ3v) is 10.6. The number of ether oxygens (including phenoxy) is 3. The second-order valence-electron chi connectivity index (χ2n) is 11.8. The maximum absolute atomic E-state index is 12.0. The molecule has 10 atom stereocenters. The molecule has 4 aliphatic carbocycles. The molecule has 6 rings (SSSR count). The molecule has 0 aromatic carbocycles. The lowest BCUT2D eigenvalue weighted by molar-refractivity contribution is -0.226. The van der Waals surface area contributed by atoms with E-state index >= 15 is 0 Å². The number of carbonyl (C=O) groups excluding carboxylic acids is 2. The summed E-state index contributed by atoms with van der Waals surface area (Å²) in [6, 6.07) is 0. The molecule has 7 heteroatoms. The van der Waals surface area contributed by atoms with Gasteiger partial charge >= 0.3 is 11.9 Å². The van der Waals surface area contributed by atoms with E-state index in [-0.39, 0.29) is 47.3 Å². The first-order chi connectivity index (χ1) is 15.1. The Morgan fingerprint density at radius 1 is 1.12 bits per heavy atom. The monoisotopic (exact) mass is 446 g/mol. The van der Waals surface area contributed by atoms with Crippen molar-refractivity contribution in [3.05, 3.63) is 11.6 Å². The maximum Gasteiger partial charge on any atom is 0.331 e. The minimum absolute atomic E-state index is 0.0978. The summed E-state index contributed by atoms with van der Waals surface area (Å²) >= 11 is 0. The van der Waals surface area contributed by atoms with Crippen LogP contribution in [0.3, 0.4) is 0 Å². The van der Waals surface area contributed by atoms with E-state index in [1.54, 1.807) is 6.08 Å². The second-order valence-corrected chi connectivity index (χ2v) is 11.8. The van der Waals surface area contributed by atoms with Gasteiger partial charge in [0.1, 0.15) is 24.4 Å². The number of esters is 2. The van der Waals surface area contributed by atoms with E-state index in [9.17, 15) is 19.8 Å². The Morgan fingerprint density at radius 3 is 2.53 bits per heavy atom. The highest BCUT2D eigenvalue weighted by atomic mass is 16.7. The Hall–Kier alpha value is -1.44. The van der Waals surface area contributed by atoms with Gasteiger partial charge in [-0.25, -0.2) is 4.79 Å². The van der Waals surface area contributed by atoms with Gasteiger partial charge in [-0.3, -0.25) is 4.79 Å². The van der Waals surface area contributed by atoms with Gasteiger partial charge in [0, 0.05) is 30.8 Å². The summed E-state index contributed by atoms with van der Waals surface area (Å²) < 4.78 is 17.7. The summed E-state index contributed by atoms with van der Waals surface area (Å²) in [7, 11) is 0. The van der Waals surface area contributed by atoms with Crippen LogP contribution in [0.5, 0.6) is 0 Å². The van der Waals surface area contributed by atoms with Crippen LogP contribution in [-0.2, 0) is 23.8 Å². The van der Waals surface area contributed by atoms with Crippen molar-refractivity contribution < 1.29 is 34.0 Å². The standard InChI is InChI=1S/C25H34O7/c1-13(26)31-20-19(14-10-18(28)30-12-14)23(3)8-5-16-17(25(23)21(20)32-25)6-9-24(29)11-15(27)4-7-22(16,24)2/h10,15-17,19-21,27,29H,4-9,11-12H2,1-3H3. The Labute approximate surface area is 188 Å². The normalized spacial score (nSPS) is 55.7. The van der Waals surface area contributed by atoms with E-state index in [2.05, 4.69) is 13.8 Å². The van der Waals surface area contributed by atoms with Gasteiger partial charge in [0.15, 0.2) is 0 Å². The molecular formula is C25H34O7. The molecule has 0 radical (unpaired) electrons. The maximum atomic E-state index is 12.0. The van der Waals surface area contributed by atoms with Crippen molar-refractivity contribution in [3.8, 4) is 0 Å². The van der Waals surface area contributed by atoms with Crippen molar-refractivity contribution in [2.75, 3.05) is 6.61 Å². The first-order valence-corrected chi connectivity index (χ1v) is 12.2. The molecule has 0 amide bonds. The van der Waals surface area contributed by atoms with Crippen LogP contribution in [0.25, 0.3) is 0 Å². The largest absolute Gasteiger partial charge is 0.459 e. The van der Waals surface area contributed by atoms with E-state index in [1.807, 2.05) is 0 Å². The van der Waals surface area contributed by atoms with Crippen LogP contribution in [0.1, 0.15) is 65.7 Å². The van der Waals surface area contributed by atoms with Crippen LogP contribution in [-0.4, -0.2) is 58.3 Å². The second kappa shape index (κ2) is 6.36. The number of hydrogen-bond acceptors (Lipinski definition) is 7. The number of aliphatic hydroxyl groups is 2. The first-order valence-electron chi connectivity index (χ1n) is 12.2. The van der Waals surface area contributed by atoms with Crippen molar-refractivity contribution in [2.24, 2.45) is 28.6 Å². The van der Waals surface area contributed by atoms with Crippen LogP contribution in [0.2, 0.25) is 0 Å². The van der Waals surface area contributed by atoms with E-state index < -0.39 is 23.4 Å². The molecule has 0 aromatic heterocycles. The van der Waals surface area contributed by atoms with Crippen molar-refractivity contribution in [3.63, 3.8) is 0 Å². The van der Waals surface area contributed by atoms with Crippen molar-refractivity contribution in [1.82, 2.24) is 0 Å². The van der Waals surface area contributed by atoms with Crippen LogP contribution in [0.15, 0.2) is 11.6 Å². The number of epoxide rings is 1. The van der Waals surface area contributed by atoms with Crippen LogP contribution >= 0.6 is 0 Å². The highest BCUT2D eigenvalue weighted by molar-refractivity contribution is 5.85. The summed E-state index contributed by atoms with van der Waals surface area (Å²) in [6.45, 7) is 6.14. The minimum Gasteiger partial charge on any atom is -0.459 e. The fourth-order valence-electron chi connectivity index (χ4n) is 9.18. The van der Waals surface area contributed by atoms with Gasteiger partial charge in [-0.1, -0.05) is 13.8 Å². The Bertz CT molecular complexity index is 914. The van der Waals surface area contributed by atoms with Gasteiger partial charge in [0.25, 0.3) is 0 Å². The molecule has 1 spiro atoms. The number of rotatable bonds is 2. The van der Waals surface area contributed by atoms with Gasteiger partial charge in [0.05, 0.1) is 11.7 Å². The van der Waals surface area contributed by atoms with E-state index in [1.165, 1.54) is 6.92 Å². The third-order valence-electron chi connectivity index (χ3n) is 10.6. The zero-order chi connectivity index (χ0) is 22.7. The summed E-state index contributed by atoms with van der Waals surface area (Å²) in [5.41, 5.74) is -0.867. The van der Waals surface area contributed by atoms with Gasteiger partial charge in [-0.2, -0.15) is 0 Å². The van der Waals surface area contributed by atoms with E-state index in [0.29, 0.717) is 18.8 Å². The molecule has 5 fully saturated rings. The Kier molecular flexibility index (Phi) is 4.20. The van der Waals surface area contributed by atoms with Crippen molar-refractivity contribution >= 4 is 11.9 Å². The van der Waals surface area contributed by atoms with Crippen LogP contribution in [0, 0.1) is 28.6 Å². The molecule has 2 N–H and O–H groups in total. The molecule has 0 aromatic rings. The predicted octanol–water partition coefficient (Wildman–Crippen LogP) is 2.28. The molecule has 2 aliphatic heterocycles. The van der Waals surface area contributed by atoms with Gasteiger partial charge in [0.2, 0.25) is 0 Å². The highest BCUT2D eigenvalue weighted by Gasteiger charge is 2.85. The lowest BCUT2D eigenvalue weighted by atomic mass is 9.42. The topological polar surface area (TPSA) is 106 Å². The average Bonchev–Trinajstić information content (AvgIpc) is 3.25. The zero-order valence-corrected chi connectivity index (χ0v) is 19.1. The predicted molar refractivity (Wildman–Crippen MR) is 112 cm³/mol. The van der Waals surface area contributed by atoms with Gasteiger partial charge in [-0.15, -0.1) is 0 Å². The molecule has 1 saturated heterocycles. The van der Waals surface area contributed by atoms with Crippen molar-refractivity contribution in [2.45, 2.75) is 95.2 Å². The Balaban J connectivity index is 1.40. The van der Waals surface area contributed by atoms with Crippen molar-refractivity contribution in [1.29, 1.82) is 0 Å². The van der Waals surface area contributed by atoms with Crippen LogP contribution < -0.4 is 0 Å². The molecule has 10 unspecified atom stereocenters. The minimum atomic E-state index is -0.845. The van der Waals surface area contributed by atoms with Gasteiger partial charge in [-0.05, 0) is 61.3 Å². The molecule has 4 saturated carbocycles. The zero-order valence-electron chi connectivity index (χ0n) is 19.1. The molecule has 176 valence electrons. The fraction of sp³-hybridized carbons (Fsp3) is 0.840. The number of carbonyl (C=O) groups is 2. The summed E-state index contributed by atoms with van der Waals surface area (Å²) in [5.74, 6) is -0.210. The lowest BCUT2D eigenvalue weighted by Crippen LogP contribution is -2.65. The number of cyclic esters (lactones) is 1. The van der Waals surface area contributed by atoms with Crippen LogP contribution in [0.4, 0.5) is 0 Å². The quantitative estimate of drug-likeness (QED) is 0.495. The fourth-order valence-corrected chi connectivity index (χ4v) is 9.18. The number of aliphatic hydroxyl groups excluding tert-OH is 1. The lowest BCUT2D eigenvalue weighted by Gasteiger charge is -2.64. The van der Waals surface area contributed by atoms with Gasteiger partial charge < -0.3 is 24.4 Å². The summed E-state index contributed by atoms with van der Waals surface area (Å²) in [6.07, 6.45) is 5.87. The first kappa shape index (κ1) is 21.1. The SMILES string of the molecule is CC(=O)OC1C(C2=CC(=O)OC2)C2(C)CCC3C(CCC4(O)CC(O)CCC34C)C23OC13. The average molecular weight is 447 g/mol. The molecule has 0 bridgehead atoms. The number of hydrogen-bond donors (Lipinski definition) is 2. The molecule has 2 heterocycles. The molecular weight excluding hydrogens is 412 g/mol. The smallest absolute Gasteiger partial charge is 0.331 e. The summed E-state index contributed by atoms with van der Waals surface area (Å²) in [5, 5.41) is 21.9. The summed E-state index contributed by atoms with van der Waals surface area (Å²) in [4.78, 5) is 23.9. The number of fused-ring (bicyclic) bond motifs is 3. The third kappa shape index (κ3) is 2.38. The molecule has 32 heavy (non-hydrogen) atoms. The van der Waals surface area contributed by atoms with E-state index in [4.69, 9.17) is 14.2 Å². The highest BCUT2D eigenvalue weighted by Crippen LogP contribution is 2.78.